The van der Waals surface area contributed by atoms with Gasteiger partial charge < -0.3 is 20.3 Å². The lowest BCUT2D eigenvalue weighted by Crippen LogP contribution is -2.46. The van der Waals surface area contributed by atoms with Crippen molar-refractivity contribution in [1.82, 2.24) is 5.32 Å². The molecule has 0 heterocycles. The highest BCUT2D eigenvalue weighted by Gasteiger charge is 2.24. The summed E-state index contributed by atoms with van der Waals surface area (Å²) >= 11 is 0. The summed E-state index contributed by atoms with van der Waals surface area (Å²) in [5, 5.41) is 23.7. The molecule has 0 bridgehead atoms. The minimum atomic E-state index is -0.788. The molecule has 0 aliphatic rings. The summed E-state index contributed by atoms with van der Waals surface area (Å²) in [4.78, 5) is 26.0. The first-order valence-electron chi connectivity index (χ1n) is 24.6. The first kappa shape index (κ1) is 54.3. The quantitative estimate of drug-likeness (QED) is 0.0324. The molecule has 3 N–H and O–H groups in total. The second-order valence-electron chi connectivity index (χ2n) is 16.9. The van der Waals surface area contributed by atoms with Crippen LogP contribution in [0.3, 0.4) is 0 Å². The average Bonchev–Trinajstić information content (AvgIpc) is 3.19. The molecule has 0 saturated heterocycles. The van der Waals surface area contributed by atoms with E-state index in [1.807, 2.05) is 0 Å². The number of carbonyl (C=O) groups is 2. The van der Waals surface area contributed by atoms with Crippen LogP contribution >= 0.6 is 0 Å². The molecule has 1 amide bonds. The Morgan fingerprint density at radius 3 is 1.36 bits per heavy atom. The molecule has 3 atom stereocenters. The van der Waals surface area contributed by atoms with Gasteiger partial charge in [0.05, 0.1) is 25.2 Å². The number of allylic oxidation sites excluding steroid dienone is 4. The second kappa shape index (κ2) is 44.4. The molecule has 0 aromatic heterocycles. The van der Waals surface area contributed by atoms with E-state index in [1.54, 1.807) is 0 Å². The summed E-state index contributed by atoms with van der Waals surface area (Å²) in [6, 6.07) is -0.702. The van der Waals surface area contributed by atoms with E-state index in [4.69, 9.17) is 4.74 Å². The Hall–Kier alpha value is -1.66. The van der Waals surface area contributed by atoms with Crippen LogP contribution in [0.1, 0.15) is 258 Å². The number of carbonyl (C=O) groups excluding carboxylic acids is 2. The molecule has 0 aliphatic heterocycles. The first-order chi connectivity index (χ1) is 27.5. The van der Waals surface area contributed by atoms with E-state index >= 15 is 0 Å². The van der Waals surface area contributed by atoms with Gasteiger partial charge in [0.1, 0.15) is 6.10 Å². The number of amides is 1. The highest BCUT2D eigenvalue weighted by atomic mass is 16.5. The number of unbranched alkanes of at least 4 members (excludes halogenated alkanes) is 29. The van der Waals surface area contributed by atoms with Crippen LogP contribution < -0.4 is 5.32 Å². The molecule has 0 saturated carbocycles. The zero-order chi connectivity index (χ0) is 41.0. The molecule has 0 aromatic carbocycles. The van der Waals surface area contributed by atoms with Crippen molar-refractivity contribution in [2.75, 3.05) is 6.61 Å². The van der Waals surface area contributed by atoms with E-state index in [9.17, 15) is 19.8 Å². The number of rotatable bonds is 44. The van der Waals surface area contributed by atoms with Gasteiger partial charge in [0.15, 0.2) is 0 Å². The number of nitrogens with one attached hydrogen (secondary N) is 1. The van der Waals surface area contributed by atoms with Crippen molar-refractivity contribution in [3.8, 4) is 0 Å². The Balaban J connectivity index is 4.52. The molecule has 0 spiro atoms. The summed E-state index contributed by atoms with van der Waals surface area (Å²) in [6.07, 6.45) is 49.5. The molecule has 0 fully saturated rings. The maximum atomic E-state index is 13.1. The van der Waals surface area contributed by atoms with E-state index in [2.05, 4.69) is 50.4 Å². The summed E-state index contributed by atoms with van der Waals surface area (Å²) in [7, 11) is 0. The van der Waals surface area contributed by atoms with Gasteiger partial charge >= 0.3 is 5.97 Å². The number of aliphatic hydroxyl groups excluding tert-OH is 2. The van der Waals surface area contributed by atoms with Crippen molar-refractivity contribution in [2.45, 2.75) is 277 Å². The maximum Gasteiger partial charge on any atom is 0.306 e. The monoisotopic (exact) mass is 790 g/mol. The molecule has 0 aliphatic carbocycles. The van der Waals surface area contributed by atoms with Gasteiger partial charge in [0.2, 0.25) is 5.91 Å². The van der Waals surface area contributed by atoms with Crippen molar-refractivity contribution in [2.24, 2.45) is 0 Å². The number of esters is 1. The van der Waals surface area contributed by atoms with Crippen molar-refractivity contribution in [1.29, 1.82) is 0 Å². The van der Waals surface area contributed by atoms with Crippen LogP contribution in [0.5, 0.6) is 0 Å². The standard InChI is InChI=1S/C50H95NO5/c1-4-7-10-13-16-19-21-23-24-26-28-31-33-36-39-42-48(53)47(45-52)51-49(54)44-46(56-50(55)43-40-37-34-29-18-15-12-9-6-3)41-38-35-32-30-27-25-22-20-17-14-11-8-5-2/h17,20,22,25,46-48,52-53H,4-16,18-19,21,23-24,26-45H2,1-3H3,(H,51,54)/b20-17+,25-22+. The second-order valence-corrected chi connectivity index (χ2v) is 16.9. The molecular weight excluding hydrogens is 695 g/mol. The molecule has 0 aromatic rings. The first-order valence-corrected chi connectivity index (χ1v) is 24.6. The molecule has 6 nitrogen and oxygen atoms in total. The Bertz CT molecular complexity index is 889. The van der Waals surface area contributed by atoms with Crippen LogP contribution in [-0.2, 0) is 14.3 Å². The fourth-order valence-corrected chi connectivity index (χ4v) is 7.54. The SMILES string of the molecule is CCCCC/C=C/C=C/CCCCCCC(CC(=O)NC(CO)C(O)CCCCCCCCCCCCCCCCC)OC(=O)CCCCCCCCCCC. The largest absolute Gasteiger partial charge is 0.462 e. The average molecular weight is 790 g/mol. The summed E-state index contributed by atoms with van der Waals surface area (Å²) in [5.41, 5.74) is 0. The minimum Gasteiger partial charge on any atom is -0.462 e. The third kappa shape index (κ3) is 39.2. The van der Waals surface area contributed by atoms with Crippen LogP contribution in [-0.4, -0.2) is 46.9 Å². The molecule has 6 heteroatoms. The van der Waals surface area contributed by atoms with Crippen molar-refractivity contribution in [3.05, 3.63) is 24.3 Å². The smallest absolute Gasteiger partial charge is 0.306 e. The predicted molar refractivity (Wildman–Crippen MR) is 241 cm³/mol. The molecule has 330 valence electrons. The predicted octanol–water partition coefficient (Wildman–Crippen LogP) is 14.3. The van der Waals surface area contributed by atoms with Gasteiger partial charge in [-0.3, -0.25) is 9.59 Å². The van der Waals surface area contributed by atoms with Crippen LogP contribution in [0.25, 0.3) is 0 Å². The van der Waals surface area contributed by atoms with E-state index in [-0.39, 0.29) is 24.9 Å². The summed E-state index contributed by atoms with van der Waals surface area (Å²) < 4.78 is 5.89. The van der Waals surface area contributed by atoms with E-state index in [0.717, 1.165) is 70.6 Å². The van der Waals surface area contributed by atoms with Crippen LogP contribution in [0.15, 0.2) is 24.3 Å². The zero-order valence-corrected chi connectivity index (χ0v) is 37.5. The molecule has 3 unspecified atom stereocenters. The highest BCUT2D eigenvalue weighted by molar-refractivity contribution is 5.77. The Labute approximate surface area is 348 Å². The maximum absolute atomic E-state index is 13.1. The number of ether oxygens (including phenoxy) is 1. The number of hydrogen-bond acceptors (Lipinski definition) is 5. The van der Waals surface area contributed by atoms with Gasteiger partial charge in [-0.25, -0.2) is 0 Å². The fourth-order valence-electron chi connectivity index (χ4n) is 7.54. The van der Waals surface area contributed by atoms with Crippen molar-refractivity contribution >= 4 is 11.9 Å². The Kier molecular flexibility index (Phi) is 43.1. The lowest BCUT2D eigenvalue weighted by atomic mass is 10.0. The fraction of sp³-hybridized carbons (Fsp3) is 0.880. The lowest BCUT2D eigenvalue weighted by molar-refractivity contribution is -0.151. The zero-order valence-electron chi connectivity index (χ0n) is 37.5. The van der Waals surface area contributed by atoms with E-state index in [0.29, 0.717) is 19.3 Å². The molecule has 0 rings (SSSR count). The Morgan fingerprint density at radius 1 is 0.518 bits per heavy atom. The topological polar surface area (TPSA) is 95.9 Å². The van der Waals surface area contributed by atoms with Gasteiger partial charge in [-0.2, -0.15) is 0 Å². The third-order valence-corrected chi connectivity index (χ3v) is 11.3. The van der Waals surface area contributed by atoms with Crippen LogP contribution in [0.2, 0.25) is 0 Å². The van der Waals surface area contributed by atoms with Gasteiger partial charge in [0.25, 0.3) is 0 Å². The summed E-state index contributed by atoms with van der Waals surface area (Å²) in [6.45, 7) is 6.44. The normalized spacial score (nSPS) is 13.4. The molecule has 56 heavy (non-hydrogen) atoms. The van der Waals surface area contributed by atoms with Crippen LogP contribution in [0, 0.1) is 0 Å². The number of hydrogen-bond donors (Lipinski definition) is 3. The summed E-state index contributed by atoms with van der Waals surface area (Å²) in [5.74, 6) is -0.487. The van der Waals surface area contributed by atoms with Gasteiger partial charge in [-0.05, 0) is 51.4 Å². The van der Waals surface area contributed by atoms with E-state index < -0.39 is 18.2 Å². The highest BCUT2D eigenvalue weighted by Crippen LogP contribution is 2.18. The van der Waals surface area contributed by atoms with Gasteiger partial charge in [-0.1, -0.05) is 218 Å². The van der Waals surface area contributed by atoms with Gasteiger partial charge in [0, 0.05) is 6.42 Å². The van der Waals surface area contributed by atoms with Crippen molar-refractivity contribution in [3.63, 3.8) is 0 Å². The van der Waals surface area contributed by atoms with E-state index in [1.165, 1.54) is 141 Å². The molecule has 0 radical (unpaired) electrons. The lowest BCUT2D eigenvalue weighted by Gasteiger charge is -2.24. The van der Waals surface area contributed by atoms with Gasteiger partial charge in [-0.15, -0.1) is 0 Å². The van der Waals surface area contributed by atoms with Crippen molar-refractivity contribution < 1.29 is 24.5 Å². The van der Waals surface area contributed by atoms with Crippen LogP contribution in [0.4, 0.5) is 0 Å². The third-order valence-electron chi connectivity index (χ3n) is 11.3. The molecular formula is C50H95NO5. The Morgan fingerprint density at radius 2 is 0.893 bits per heavy atom. The minimum absolute atomic E-state index is 0.0685. The number of aliphatic hydroxyl groups is 2.